The van der Waals surface area contributed by atoms with Crippen molar-refractivity contribution in [2.24, 2.45) is 0 Å². The molecule has 1 heterocycles. The lowest BCUT2D eigenvalue weighted by atomic mass is 10.1. The van der Waals surface area contributed by atoms with Gasteiger partial charge in [-0.1, -0.05) is 42.5 Å². The normalized spacial score (nSPS) is 22.1. The van der Waals surface area contributed by atoms with E-state index in [0.717, 1.165) is 22.4 Å². The van der Waals surface area contributed by atoms with E-state index in [1.807, 2.05) is 55.5 Å². The number of nitrogens with zero attached hydrogens (tertiary/aromatic N) is 1. The molecule has 0 aromatic heterocycles. The topological polar surface area (TPSA) is 43.7 Å². The molecular formula is C15H15NO2. The van der Waals surface area contributed by atoms with E-state index in [2.05, 4.69) is 0 Å². The highest BCUT2D eigenvalue weighted by Crippen LogP contribution is 2.43. The molecule has 2 N–H and O–H groups in total. The third kappa shape index (κ3) is 1.52. The first kappa shape index (κ1) is 11.3. The second-order valence-corrected chi connectivity index (χ2v) is 4.57. The van der Waals surface area contributed by atoms with Crippen LogP contribution in [0, 0.1) is 6.92 Å². The molecule has 1 aliphatic heterocycles. The smallest absolute Gasteiger partial charge is 0.155 e. The van der Waals surface area contributed by atoms with Crippen LogP contribution in [0.3, 0.4) is 0 Å². The van der Waals surface area contributed by atoms with E-state index in [9.17, 15) is 10.2 Å². The predicted molar refractivity (Wildman–Crippen MR) is 70.0 cm³/mol. The highest BCUT2D eigenvalue weighted by molar-refractivity contribution is 5.59. The van der Waals surface area contributed by atoms with Gasteiger partial charge in [0.1, 0.15) is 0 Å². The molecule has 92 valence electrons. The van der Waals surface area contributed by atoms with Crippen LogP contribution in [0.5, 0.6) is 0 Å². The van der Waals surface area contributed by atoms with Crippen LogP contribution in [0.25, 0.3) is 0 Å². The quantitative estimate of drug-likeness (QED) is 0.806. The summed E-state index contributed by atoms with van der Waals surface area (Å²) in [7, 11) is 0. The van der Waals surface area contributed by atoms with Gasteiger partial charge in [0.15, 0.2) is 12.5 Å². The van der Waals surface area contributed by atoms with E-state index in [1.165, 1.54) is 0 Å². The second-order valence-electron chi connectivity index (χ2n) is 4.57. The Morgan fingerprint density at radius 2 is 1.33 bits per heavy atom. The number of hydrogen-bond donors (Lipinski definition) is 2. The second kappa shape index (κ2) is 4.12. The number of aryl methyl sites for hydroxylation is 1. The summed E-state index contributed by atoms with van der Waals surface area (Å²) < 4.78 is 0. The first-order valence-electron chi connectivity index (χ1n) is 5.99. The summed E-state index contributed by atoms with van der Waals surface area (Å²) in [6.45, 7) is 1.97. The number of para-hydroxylation sites is 1. The van der Waals surface area contributed by atoms with Gasteiger partial charge in [0.05, 0.1) is 0 Å². The van der Waals surface area contributed by atoms with Crippen LogP contribution in [0.2, 0.25) is 0 Å². The molecule has 0 saturated carbocycles. The molecule has 0 fully saturated rings. The van der Waals surface area contributed by atoms with Crippen molar-refractivity contribution in [3.8, 4) is 0 Å². The molecular weight excluding hydrogens is 226 g/mol. The minimum Gasteiger partial charge on any atom is -0.369 e. The van der Waals surface area contributed by atoms with E-state index < -0.39 is 12.5 Å². The molecule has 0 radical (unpaired) electrons. The largest absolute Gasteiger partial charge is 0.369 e. The zero-order chi connectivity index (χ0) is 12.7. The summed E-state index contributed by atoms with van der Waals surface area (Å²) in [5, 5.41) is 20.7. The lowest BCUT2D eigenvalue weighted by Crippen LogP contribution is -2.26. The van der Waals surface area contributed by atoms with E-state index in [-0.39, 0.29) is 0 Å². The van der Waals surface area contributed by atoms with Crippen LogP contribution >= 0.6 is 0 Å². The van der Waals surface area contributed by atoms with E-state index in [4.69, 9.17) is 0 Å². The Labute approximate surface area is 106 Å². The van der Waals surface area contributed by atoms with E-state index in [0.29, 0.717) is 0 Å². The molecule has 0 spiro atoms. The average Bonchev–Trinajstić information content (AvgIpc) is 2.64. The minimum atomic E-state index is -0.794. The fourth-order valence-corrected chi connectivity index (χ4v) is 2.53. The van der Waals surface area contributed by atoms with Crippen LogP contribution in [0.15, 0.2) is 48.5 Å². The fourth-order valence-electron chi connectivity index (χ4n) is 2.53. The number of rotatable bonds is 1. The van der Waals surface area contributed by atoms with Gasteiger partial charge < -0.3 is 15.1 Å². The summed E-state index contributed by atoms with van der Waals surface area (Å²) in [5.74, 6) is 0. The summed E-state index contributed by atoms with van der Waals surface area (Å²) in [6.07, 6.45) is -1.59. The van der Waals surface area contributed by atoms with Gasteiger partial charge in [0.25, 0.3) is 0 Å². The molecule has 1 aliphatic rings. The van der Waals surface area contributed by atoms with Gasteiger partial charge in [0.2, 0.25) is 0 Å². The number of fused-ring (bicyclic) bond motifs is 1. The van der Waals surface area contributed by atoms with Gasteiger partial charge in [-0.2, -0.15) is 0 Å². The Morgan fingerprint density at radius 1 is 0.833 bits per heavy atom. The third-order valence-electron chi connectivity index (χ3n) is 3.47. The summed E-state index contributed by atoms with van der Waals surface area (Å²) in [4.78, 5) is 1.64. The van der Waals surface area contributed by atoms with Crippen molar-refractivity contribution in [1.82, 2.24) is 0 Å². The van der Waals surface area contributed by atoms with Crippen molar-refractivity contribution in [1.29, 1.82) is 0 Å². The van der Waals surface area contributed by atoms with Crippen LogP contribution in [-0.4, -0.2) is 10.2 Å². The Hall–Kier alpha value is -1.84. The number of anilines is 1. The fraction of sp³-hybridized carbons (Fsp3) is 0.200. The van der Waals surface area contributed by atoms with E-state index in [1.54, 1.807) is 4.90 Å². The zero-order valence-corrected chi connectivity index (χ0v) is 10.1. The molecule has 0 bridgehead atoms. The first-order valence-corrected chi connectivity index (χ1v) is 5.99. The maximum atomic E-state index is 10.4. The maximum absolute atomic E-state index is 10.4. The van der Waals surface area contributed by atoms with Crippen molar-refractivity contribution in [3.05, 3.63) is 65.2 Å². The van der Waals surface area contributed by atoms with Crippen LogP contribution in [0.4, 0.5) is 5.69 Å². The van der Waals surface area contributed by atoms with Crippen molar-refractivity contribution < 1.29 is 10.2 Å². The van der Waals surface area contributed by atoms with Gasteiger partial charge in [-0.15, -0.1) is 0 Å². The van der Waals surface area contributed by atoms with Crippen LogP contribution in [0.1, 0.15) is 29.1 Å². The Kier molecular flexibility index (Phi) is 2.58. The highest BCUT2D eigenvalue weighted by Gasteiger charge is 2.36. The van der Waals surface area contributed by atoms with E-state index >= 15 is 0 Å². The van der Waals surface area contributed by atoms with Gasteiger partial charge in [-0.3, -0.25) is 0 Å². The van der Waals surface area contributed by atoms with Crippen LogP contribution < -0.4 is 4.90 Å². The lowest BCUT2D eigenvalue weighted by molar-refractivity contribution is 0.110. The molecule has 0 aliphatic carbocycles. The molecule has 2 aromatic rings. The van der Waals surface area contributed by atoms with Crippen molar-refractivity contribution in [3.63, 3.8) is 0 Å². The maximum Gasteiger partial charge on any atom is 0.155 e. The van der Waals surface area contributed by atoms with Gasteiger partial charge in [0, 0.05) is 16.8 Å². The molecule has 3 rings (SSSR count). The third-order valence-corrected chi connectivity index (χ3v) is 3.47. The Morgan fingerprint density at radius 3 is 1.89 bits per heavy atom. The Balaban J connectivity index is 2.10. The first-order chi connectivity index (χ1) is 8.70. The number of hydrogen-bond acceptors (Lipinski definition) is 3. The molecule has 0 amide bonds. The van der Waals surface area contributed by atoms with Crippen molar-refractivity contribution >= 4 is 5.69 Å². The van der Waals surface area contributed by atoms with Gasteiger partial charge in [-0.25, -0.2) is 0 Å². The molecule has 3 heteroatoms. The lowest BCUT2D eigenvalue weighted by Gasteiger charge is -2.28. The van der Waals surface area contributed by atoms with Crippen molar-refractivity contribution in [2.45, 2.75) is 19.4 Å². The van der Waals surface area contributed by atoms with Gasteiger partial charge in [-0.05, 0) is 18.6 Å². The monoisotopic (exact) mass is 241 g/mol. The molecule has 2 aromatic carbocycles. The number of benzene rings is 2. The van der Waals surface area contributed by atoms with Crippen LogP contribution in [-0.2, 0) is 0 Å². The highest BCUT2D eigenvalue weighted by atomic mass is 16.3. The molecule has 18 heavy (non-hydrogen) atoms. The van der Waals surface area contributed by atoms with Gasteiger partial charge >= 0.3 is 0 Å². The molecule has 2 atom stereocenters. The number of aliphatic hydroxyl groups excluding tert-OH is 2. The summed E-state index contributed by atoms with van der Waals surface area (Å²) >= 11 is 0. The summed E-state index contributed by atoms with van der Waals surface area (Å²) in [6, 6.07) is 15.2. The molecule has 3 nitrogen and oxygen atoms in total. The minimum absolute atomic E-state index is 0.772. The standard InChI is InChI=1S/C15H15NO2/c1-10-6-2-5-9-13(10)16-14(17)11-7-3-4-8-12(11)15(16)18/h2-9,14-15,17-18H,1H3. The summed E-state index contributed by atoms with van der Waals surface area (Å²) in [5.41, 5.74) is 3.43. The Bertz CT molecular complexity index is 553. The molecule has 2 unspecified atom stereocenters. The molecule has 0 saturated heterocycles. The number of aliphatic hydroxyl groups is 2. The van der Waals surface area contributed by atoms with Crippen molar-refractivity contribution in [2.75, 3.05) is 4.90 Å². The average molecular weight is 241 g/mol. The SMILES string of the molecule is Cc1ccccc1N1C(O)c2ccccc2C1O. The predicted octanol–water partition coefficient (Wildman–Crippen LogP) is 2.50. The zero-order valence-electron chi connectivity index (χ0n) is 10.1.